The quantitative estimate of drug-likeness (QED) is 0.0222. The average molecular weight is 1280 g/mol. The Bertz CT molecular complexity index is 1720. The molecule has 0 fully saturated rings. The lowest BCUT2D eigenvalue weighted by Crippen LogP contribution is -2.30. The lowest BCUT2D eigenvalue weighted by molar-refractivity contribution is -0.161. The molecule has 0 bridgehead atoms. The molecule has 0 aromatic rings. The van der Waals surface area contributed by atoms with Crippen molar-refractivity contribution in [1.29, 1.82) is 0 Å². The molecule has 0 saturated carbocycles. The van der Waals surface area contributed by atoms with Gasteiger partial charge in [0.15, 0.2) is 12.2 Å². The Balaban J connectivity index is 5.20. The smallest absolute Gasteiger partial charge is 0.462 e. The van der Waals surface area contributed by atoms with Crippen LogP contribution in [0.25, 0.3) is 0 Å². The van der Waals surface area contributed by atoms with E-state index in [0.717, 1.165) is 115 Å². The summed E-state index contributed by atoms with van der Waals surface area (Å²) in [6.07, 6.45) is 41.9. The average Bonchev–Trinajstić information content (AvgIpc) is 3.69. The van der Waals surface area contributed by atoms with E-state index in [1.54, 1.807) is 0 Å². The van der Waals surface area contributed by atoms with Gasteiger partial charge in [0.2, 0.25) is 0 Å². The number of unbranched alkanes of at least 4 members (excludes halogenated alkanes) is 33. The molecule has 516 valence electrons. The number of esters is 4. The number of hydrogen-bond acceptors (Lipinski definition) is 15. The second-order valence-electron chi connectivity index (χ2n) is 25.8. The van der Waals surface area contributed by atoms with Crippen LogP contribution in [0.3, 0.4) is 0 Å². The van der Waals surface area contributed by atoms with Gasteiger partial charge in [-0.1, -0.05) is 286 Å². The molecule has 3 unspecified atom stereocenters. The first-order valence-corrected chi connectivity index (χ1v) is 38.4. The van der Waals surface area contributed by atoms with E-state index in [1.165, 1.54) is 135 Å². The summed E-state index contributed by atoms with van der Waals surface area (Å²) in [5, 5.41) is 10.6. The Morgan fingerprint density at radius 2 is 0.586 bits per heavy atom. The summed E-state index contributed by atoms with van der Waals surface area (Å²) in [6.45, 7) is 11.7. The molecule has 0 spiro atoms. The van der Waals surface area contributed by atoms with E-state index >= 15 is 0 Å². The van der Waals surface area contributed by atoms with E-state index in [2.05, 4.69) is 48.5 Å². The van der Waals surface area contributed by atoms with E-state index in [-0.39, 0.29) is 25.7 Å². The molecule has 0 aliphatic carbocycles. The van der Waals surface area contributed by atoms with Gasteiger partial charge in [-0.05, 0) is 43.4 Å². The summed E-state index contributed by atoms with van der Waals surface area (Å²) in [6, 6.07) is 0. The Kier molecular flexibility index (Phi) is 57.8. The van der Waals surface area contributed by atoms with Gasteiger partial charge in [0.25, 0.3) is 0 Å². The third-order valence-corrected chi connectivity index (χ3v) is 17.9. The second-order valence-corrected chi connectivity index (χ2v) is 28.7. The summed E-state index contributed by atoms with van der Waals surface area (Å²) in [5.41, 5.74) is 0. The van der Waals surface area contributed by atoms with Crippen LogP contribution in [0.5, 0.6) is 0 Å². The van der Waals surface area contributed by atoms with Crippen molar-refractivity contribution in [3.8, 4) is 0 Å². The first kappa shape index (κ1) is 85.1. The molecular weight excluding hydrogens is 1150 g/mol. The molecule has 6 atom stereocenters. The van der Waals surface area contributed by atoms with Crippen molar-refractivity contribution in [2.45, 2.75) is 356 Å². The predicted molar refractivity (Wildman–Crippen MR) is 349 cm³/mol. The van der Waals surface area contributed by atoms with Gasteiger partial charge in [0.1, 0.15) is 19.3 Å². The summed E-state index contributed by atoms with van der Waals surface area (Å²) >= 11 is 0. The van der Waals surface area contributed by atoms with Gasteiger partial charge in [0, 0.05) is 25.7 Å². The minimum absolute atomic E-state index is 0.105. The highest BCUT2D eigenvalue weighted by Crippen LogP contribution is 2.45. The van der Waals surface area contributed by atoms with E-state index in [9.17, 15) is 43.2 Å². The Morgan fingerprint density at radius 3 is 0.874 bits per heavy atom. The van der Waals surface area contributed by atoms with E-state index in [1.807, 2.05) is 0 Å². The van der Waals surface area contributed by atoms with Crippen LogP contribution in [-0.2, 0) is 65.4 Å². The fraction of sp³-hybridized carbons (Fsp3) is 0.941. The zero-order chi connectivity index (χ0) is 64.5. The van der Waals surface area contributed by atoms with Crippen LogP contribution in [-0.4, -0.2) is 96.7 Å². The molecule has 0 saturated heterocycles. The van der Waals surface area contributed by atoms with Crippen LogP contribution >= 0.6 is 15.6 Å². The van der Waals surface area contributed by atoms with Crippen LogP contribution in [0.1, 0.15) is 337 Å². The molecule has 0 heterocycles. The molecular formula is C68H132O17P2. The van der Waals surface area contributed by atoms with Crippen molar-refractivity contribution in [2.75, 3.05) is 39.6 Å². The normalized spacial score (nSPS) is 14.6. The van der Waals surface area contributed by atoms with Gasteiger partial charge >= 0.3 is 39.5 Å². The van der Waals surface area contributed by atoms with Crippen LogP contribution in [0.2, 0.25) is 0 Å². The molecule has 0 rings (SSSR count). The molecule has 19 heteroatoms. The first-order chi connectivity index (χ1) is 41.8. The summed E-state index contributed by atoms with van der Waals surface area (Å²) < 4.78 is 68.1. The van der Waals surface area contributed by atoms with Crippen LogP contribution < -0.4 is 0 Å². The number of aliphatic hydroxyl groups is 1. The molecule has 0 amide bonds. The SMILES string of the molecule is CCCCCCCCCCCCC(=O)O[C@H](COC(=O)CCCCCCCCC(C)C)COP(=O)(O)OC[C@H](O)COP(=O)(O)OC[C@@H](COC(=O)CCCCCCCCC(C)CC)OC(=O)CCCCCCCCCCCCCCCCCC(C)C. The molecule has 0 aliphatic heterocycles. The number of ether oxygens (including phenoxy) is 4. The van der Waals surface area contributed by atoms with Gasteiger partial charge in [-0.3, -0.25) is 37.3 Å². The van der Waals surface area contributed by atoms with Gasteiger partial charge in [-0.15, -0.1) is 0 Å². The zero-order valence-electron chi connectivity index (χ0n) is 56.5. The molecule has 3 N–H and O–H groups in total. The van der Waals surface area contributed by atoms with Gasteiger partial charge in [-0.25, -0.2) is 9.13 Å². The summed E-state index contributed by atoms with van der Waals surface area (Å²) in [5.74, 6) is 0.0806. The lowest BCUT2D eigenvalue weighted by atomic mass is 10.00. The Morgan fingerprint density at radius 1 is 0.333 bits per heavy atom. The number of hydrogen-bond donors (Lipinski definition) is 3. The van der Waals surface area contributed by atoms with E-state index < -0.39 is 97.5 Å². The predicted octanol–water partition coefficient (Wildman–Crippen LogP) is 19.1. The first-order valence-electron chi connectivity index (χ1n) is 35.4. The third kappa shape index (κ3) is 61.3. The number of carbonyl (C=O) groups excluding carboxylic acids is 4. The van der Waals surface area contributed by atoms with Crippen LogP contribution in [0.4, 0.5) is 0 Å². The zero-order valence-corrected chi connectivity index (χ0v) is 58.3. The number of rotatable bonds is 66. The van der Waals surface area contributed by atoms with Gasteiger partial charge < -0.3 is 33.8 Å². The fourth-order valence-electron chi connectivity index (χ4n) is 10.2. The largest absolute Gasteiger partial charge is 0.472 e. The molecule has 87 heavy (non-hydrogen) atoms. The minimum Gasteiger partial charge on any atom is -0.462 e. The van der Waals surface area contributed by atoms with Crippen molar-refractivity contribution in [2.24, 2.45) is 17.8 Å². The van der Waals surface area contributed by atoms with E-state index in [0.29, 0.717) is 31.6 Å². The minimum atomic E-state index is -4.95. The van der Waals surface area contributed by atoms with Crippen molar-refractivity contribution in [3.05, 3.63) is 0 Å². The summed E-state index contributed by atoms with van der Waals surface area (Å²) in [7, 11) is -9.89. The van der Waals surface area contributed by atoms with Crippen molar-refractivity contribution < 1.29 is 80.2 Å². The van der Waals surface area contributed by atoms with Gasteiger partial charge in [-0.2, -0.15) is 0 Å². The number of aliphatic hydroxyl groups excluding tert-OH is 1. The van der Waals surface area contributed by atoms with Crippen LogP contribution in [0, 0.1) is 17.8 Å². The second kappa shape index (κ2) is 59.1. The molecule has 0 radical (unpaired) electrons. The fourth-order valence-corrected chi connectivity index (χ4v) is 11.7. The number of phosphoric ester groups is 2. The van der Waals surface area contributed by atoms with Crippen molar-refractivity contribution in [3.63, 3.8) is 0 Å². The highest BCUT2D eigenvalue weighted by atomic mass is 31.2. The Hall–Kier alpha value is -1.94. The van der Waals surface area contributed by atoms with Crippen molar-refractivity contribution >= 4 is 39.5 Å². The van der Waals surface area contributed by atoms with Crippen molar-refractivity contribution in [1.82, 2.24) is 0 Å². The maximum atomic E-state index is 13.0. The highest BCUT2D eigenvalue weighted by Gasteiger charge is 2.30. The van der Waals surface area contributed by atoms with Crippen LogP contribution in [0.15, 0.2) is 0 Å². The van der Waals surface area contributed by atoms with E-state index in [4.69, 9.17) is 37.0 Å². The maximum absolute atomic E-state index is 13.0. The highest BCUT2D eigenvalue weighted by molar-refractivity contribution is 7.47. The molecule has 0 aromatic heterocycles. The third-order valence-electron chi connectivity index (χ3n) is 16.0. The maximum Gasteiger partial charge on any atom is 0.472 e. The Labute approximate surface area is 530 Å². The summed E-state index contributed by atoms with van der Waals surface area (Å²) in [4.78, 5) is 72.3. The number of phosphoric acid groups is 2. The molecule has 0 aromatic carbocycles. The number of carbonyl (C=O) groups is 4. The lowest BCUT2D eigenvalue weighted by Gasteiger charge is -2.21. The standard InChI is InChI=1S/C68H132O17P2/c1-8-10-11-12-13-14-23-26-37-44-51-67(72)84-63(55-78-65(70)49-42-35-30-28-33-40-47-60(5)6)57-82-86(74,75)80-53-62(69)54-81-87(76,77)83-58-64(56-79-66(71)50-43-36-31-29-34-41-48-61(7)9-2)85-68(73)52-45-38-27-24-21-19-17-15-16-18-20-22-25-32-39-46-59(3)4/h59-64,69H,8-58H2,1-7H3,(H,74,75)(H,76,77)/t61?,62-,63+,64+/m0/s1. The molecule has 0 aliphatic rings. The van der Waals surface area contributed by atoms with Gasteiger partial charge in [0.05, 0.1) is 26.4 Å². The monoisotopic (exact) mass is 1280 g/mol. The topological polar surface area (TPSA) is 237 Å². The molecule has 17 nitrogen and oxygen atoms in total.